The van der Waals surface area contributed by atoms with Crippen LogP contribution in [0.3, 0.4) is 0 Å². The standard InChI is InChI=1S/C23H26Cl2N4OS/c1-15-7-5-6-8-16(15)14-31-22-28-27-20(13-26-21(30)12-23(2,3)4)29(22)19-10-9-17(24)11-18(19)25/h5-11H,12-14H2,1-4H3,(H,26,30). The summed E-state index contributed by atoms with van der Waals surface area (Å²) in [6, 6.07) is 13.6. The predicted octanol–water partition coefficient (Wildman–Crippen LogP) is 6.23. The SMILES string of the molecule is Cc1ccccc1CSc1nnc(CNC(=O)CC(C)(C)C)n1-c1ccc(Cl)cc1Cl. The molecule has 0 fully saturated rings. The largest absolute Gasteiger partial charge is 0.349 e. The second-order valence-electron chi connectivity index (χ2n) is 8.56. The predicted molar refractivity (Wildman–Crippen MR) is 128 cm³/mol. The molecule has 0 saturated heterocycles. The summed E-state index contributed by atoms with van der Waals surface area (Å²) >= 11 is 14.2. The molecule has 0 radical (unpaired) electrons. The summed E-state index contributed by atoms with van der Waals surface area (Å²) in [5.74, 6) is 1.32. The summed E-state index contributed by atoms with van der Waals surface area (Å²) in [5.41, 5.74) is 3.08. The van der Waals surface area contributed by atoms with Crippen LogP contribution in [0.25, 0.3) is 5.69 Å². The topological polar surface area (TPSA) is 59.8 Å². The zero-order chi connectivity index (χ0) is 22.6. The fourth-order valence-corrected chi connectivity index (χ4v) is 4.58. The van der Waals surface area contributed by atoms with Crippen LogP contribution in [-0.4, -0.2) is 20.7 Å². The van der Waals surface area contributed by atoms with Crippen molar-refractivity contribution in [1.82, 2.24) is 20.1 Å². The van der Waals surface area contributed by atoms with E-state index in [-0.39, 0.29) is 17.9 Å². The van der Waals surface area contributed by atoms with Gasteiger partial charge >= 0.3 is 0 Å². The third-order valence-electron chi connectivity index (χ3n) is 4.60. The van der Waals surface area contributed by atoms with Crippen molar-refractivity contribution in [2.75, 3.05) is 0 Å². The fraction of sp³-hybridized carbons (Fsp3) is 0.348. The zero-order valence-electron chi connectivity index (χ0n) is 18.1. The Hall–Kier alpha value is -2.02. The number of halogens is 2. The number of carbonyl (C=O) groups is 1. The lowest BCUT2D eigenvalue weighted by Gasteiger charge is -2.17. The number of carbonyl (C=O) groups excluding carboxylic acids is 1. The van der Waals surface area contributed by atoms with Gasteiger partial charge in [-0.2, -0.15) is 0 Å². The Morgan fingerprint density at radius 1 is 1.13 bits per heavy atom. The molecule has 5 nitrogen and oxygen atoms in total. The van der Waals surface area contributed by atoms with Crippen LogP contribution in [0.5, 0.6) is 0 Å². The molecule has 1 heterocycles. The van der Waals surface area contributed by atoms with Crippen molar-refractivity contribution in [3.63, 3.8) is 0 Å². The third-order valence-corrected chi connectivity index (χ3v) is 6.12. The van der Waals surface area contributed by atoms with E-state index in [0.717, 1.165) is 11.4 Å². The summed E-state index contributed by atoms with van der Waals surface area (Å²) in [7, 11) is 0. The lowest BCUT2D eigenvalue weighted by molar-refractivity contribution is -0.123. The zero-order valence-corrected chi connectivity index (χ0v) is 20.4. The van der Waals surface area contributed by atoms with Crippen LogP contribution in [0, 0.1) is 12.3 Å². The summed E-state index contributed by atoms with van der Waals surface area (Å²) in [6.07, 6.45) is 0.428. The van der Waals surface area contributed by atoms with Crippen LogP contribution in [0.1, 0.15) is 44.1 Å². The first-order valence-corrected chi connectivity index (χ1v) is 11.7. The Kier molecular flexibility index (Phi) is 7.68. The van der Waals surface area contributed by atoms with Crippen molar-refractivity contribution in [1.29, 1.82) is 0 Å². The Balaban J connectivity index is 1.88. The molecule has 2 aromatic carbocycles. The molecule has 31 heavy (non-hydrogen) atoms. The van der Waals surface area contributed by atoms with Gasteiger partial charge in [-0.1, -0.05) is 80.0 Å². The van der Waals surface area contributed by atoms with Crippen LogP contribution in [0.15, 0.2) is 47.6 Å². The highest BCUT2D eigenvalue weighted by Gasteiger charge is 2.20. The van der Waals surface area contributed by atoms with E-state index in [1.807, 2.05) is 43.5 Å². The van der Waals surface area contributed by atoms with Gasteiger partial charge in [0.25, 0.3) is 0 Å². The van der Waals surface area contributed by atoms with Crippen molar-refractivity contribution in [3.8, 4) is 5.69 Å². The molecule has 1 N–H and O–H groups in total. The van der Waals surface area contributed by atoms with Gasteiger partial charge < -0.3 is 5.32 Å². The van der Waals surface area contributed by atoms with E-state index in [0.29, 0.717) is 27.4 Å². The molecule has 3 rings (SSSR count). The molecular weight excluding hydrogens is 451 g/mol. The highest BCUT2D eigenvalue weighted by atomic mass is 35.5. The van der Waals surface area contributed by atoms with Gasteiger partial charge in [0.2, 0.25) is 5.91 Å². The van der Waals surface area contributed by atoms with Crippen molar-refractivity contribution in [2.45, 2.75) is 51.6 Å². The van der Waals surface area contributed by atoms with Gasteiger partial charge in [-0.05, 0) is 41.7 Å². The summed E-state index contributed by atoms with van der Waals surface area (Å²) in [6.45, 7) is 8.44. The number of amides is 1. The average Bonchev–Trinajstić information content (AvgIpc) is 3.07. The van der Waals surface area contributed by atoms with Crippen LogP contribution >= 0.6 is 35.0 Å². The second-order valence-corrected chi connectivity index (χ2v) is 10.3. The van der Waals surface area contributed by atoms with Gasteiger partial charge in [0, 0.05) is 17.2 Å². The summed E-state index contributed by atoms with van der Waals surface area (Å²) < 4.78 is 1.89. The van der Waals surface area contributed by atoms with Gasteiger partial charge in [0.05, 0.1) is 17.3 Å². The Morgan fingerprint density at radius 3 is 2.55 bits per heavy atom. The Bertz CT molecular complexity index is 1080. The van der Waals surface area contributed by atoms with Crippen LogP contribution in [0.4, 0.5) is 0 Å². The van der Waals surface area contributed by atoms with E-state index in [2.05, 4.69) is 34.6 Å². The molecule has 0 spiro atoms. The quantitative estimate of drug-likeness (QED) is 0.410. The van der Waals surface area contributed by atoms with Gasteiger partial charge in [-0.3, -0.25) is 9.36 Å². The van der Waals surface area contributed by atoms with Gasteiger partial charge in [-0.15, -0.1) is 10.2 Å². The molecule has 164 valence electrons. The average molecular weight is 477 g/mol. The number of benzene rings is 2. The van der Waals surface area contributed by atoms with Crippen LogP contribution in [0.2, 0.25) is 10.0 Å². The monoisotopic (exact) mass is 476 g/mol. The van der Waals surface area contributed by atoms with E-state index in [4.69, 9.17) is 23.2 Å². The van der Waals surface area contributed by atoms with Gasteiger partial charge in [0.1, 0.15) is 0 Å². The maximum absolute atomic E-state index is 12.3. The van der Waals surface area contributed by atoms with Gasteiger partial charge in [0.15, 0.2) is 11.0 Å². The van der Waals surface area contributed by atoms with E-state index < -0.39 is 0 Å². The Morgan fingerprint density at radius 2 is 1.87 bits per heavy atom. The molecule has 1 amide bonds. The van der Waals surface area contributed by atoms with Crippen molar-refractivity contribution in [3.05, 3.63) is 69.5 Å². The maximum Gasteiger partial charge on any atom is 0.220 e. The number of hydrogen-bond donors (Lipinski definition) is 1. The number of nitrogens with one attached hydrogen (secondary N) is 1. The van der Waals surface area contributed by atoms with Crippen molar-refractivity contribution in [2.24, 2.45) is 5.41 Å². The van der Waals surface area contributed by atoms with E-state index in [1.165, 1.54) is 11.1 Å². The smallest absolute Gasteiger partial charge is 0.220 e. The number of hydrogen-bond acceptors (Lipinski definition) is 4. The number of aryl methyl sites for hydroxylation is 1. The van der Waals surface area contributed by atoms with Crippen molar-refractivity contribution < 1.29 is 4.79 Å². The van der Waals surface area contributed by atoms with E-state index >= 15 is 0 Å². The molecule has 3 aromatic rings. The Labute approximate surface area is 197 Å². The minimum Gasteiger partial charge on any atom is -0.349 e. The highest BCUT2D eigenvalue weighted by Crippen LogP contribution is 2.31. The lowest BCUT2D eigenvalue weighted by atomic mass is 9.92. The molecule has 0 saturated carbocycles. The minimum atomic E-state index is -0.0915. The molecule has 0 bridgehead atoms. The summed E-state index contributed by atoms with van der Waals surface area (Å²) in [4.78, 5) is 12.3. The van der Waals surface area contributed by atoms with Crippen molar-refractivity contribution >= 4 is 40.9 Å². The first kappa shape index (κ1) is 23.6. The third kappa shape index (κ3) is 6.48. The molecule has 1 aromatic heterocycles. The first-order valence-electron chi connectivity index (χ1n) is 9.98. The van der Waals surface area contributed by atoms with Gasteiger partial charge in [-0.25, -0.2) is 0 Å². The number of aromatic nitrogens is 3. The van der Waals surface area contributed by atoms with E-state index in [9.17, 15) is 4.79 Å². The van der Waals surface area contributed by atoms with Crippen LogP contribution in [-0.2, 0) is 17.1 Å². The normalized spacial score (nSPS) is 11.5. The minimum absolute atomic E-state index is 0.0293. The fourth-order valence-electron chi connectivity index (χ4n) is 3.05. The van der Waals surface area contributed by atoms with E-state index in [1.54, 1.807) is 23.9 Å². The first-order chi connectivity index (χ1) is 14.6. The maximum atomic E-state index is 12.3. The lowest BCUT2D eigenvalue weighted by Crippen LogP contribution is -2.28. The van der Waals surface area contributed by atoms with Crippen LogP contribution < -0.4 is 5.32 Å². The molecular formula is C23H26Cl2N4OS. The molecule has 0 aliphatic carbocycles. The molecule has 0 aliphatic rings. The number of rotatable bonds is 7. The number of nitrogens with zero attached hydrogens (tertiary/aromatic N) is 3. The molecule has 0 unspecified atom stereocenters. The number of thioether (sulfide) groups is 1. The summed E-state index contributed by atoms with van der Waals surface area (Å²) in [5, 5.41) is 13.4. The molecule has 0 atom stereocenters. The highest BCUT2D eigenvalue weighted by molar-refractivity contribution is 7.98. The second kappa shape index (κ2) is 10.1. The molecule has 8 heteroatoms. The molecule has 0 aliphatic heterocycles.